The van der Waals surface area contributed by atoms with E-state index in [4.69, 9.17) is 15.8 Å². The van der Waals surface area contributed by atoms with Crippen molar-refractivity contribution in [1.29, 1.82) is 0 Å². The summed E-state index contributed by atoms with van der Waals surface area (Å²) in [6, 6.07) is 18.6. The van der Waals surface area contributed by atoms with E-state index in [9.17, 15) is 4.79 Å². The zero-order valence-electron chi connectivity index (χ0n) is 13.3. The van der Waals surface area contributed by atoms with Crippen LogP contribution in [0.25, 0.3) is 0 Å². The lowest BCUT2D eigenvalue weighted by atomic mass is 10.3. The van der Waals surface area contributed by atoms with Crippen LogP contribution in [0.4, 0.5) is 0 Å². The van der Waals surface area contributed by atoms with Gasteiger partial charge in [0.05, 0.1) is 0 Å². The maximum Gasteiger partial charge on any atom is 0.335 e. The van der Waals surface area contributed by atoms with Crippen LogP contribution in [0.3, 0.4) is 0 Å². The summed E-state index contributed by atoms with van der Waals surface area (Å²) in [6.07, 6.45) is 3.28. The van der Waals surface area contributed by atoms with Gasteiger partial charge in [0.1, 0.15) is 5.75 Å². The molecule has 0 amide bonds. The van der Waals surface area contributed by atoms with E-state index in [1.807, 2.05) is 36.4 Å². The molecule has 1 atom stereocenters. The summed E-state index contributed by atoms with van der Waals surface area (Å²) in [5, 5.41) is 2.08. The standard InChI is InChI=1S/C19H21ClO2Si/c1-3-5-15-23(20,16-11-7-6-8-12-16)18-14-10-9-13-17(18)22-19(21)4-2/h4,6-14H,2-3,5,15H2,1H3. The number of halogens is 1. The molecule has 0 N–H and O–H groups in total. The monoisotopic (exact) mass is 344 g/mol. The number of esters is 1. The van der Waals surface area contributed by atoms with Crippen molar-refractivity contribution in [2.75, 3.05) is 0 Å². The second-order valence-corrected chi connectivity index (χ2v) is 10.5. The van der Waals surface area contributed by atoms with Gasteiger partial charge in [-0.05, 0) is 17.3 Å². The Kier molecular flexibility index (Phi) is 6.19. The van der Waals surface area contributed by atoms with E-state index in [1.54, 1.807) is 6.07 Å². The molecule has 0 aliphatic rings. The minimum atomic E-state index is -2.49. The summed E-state index contributed by atoms with van der Waals surface area (Å²) in [4.78, 5) is 11.6. The molecule has 0 aliphatic carbocycles. The highest BCUT2D eigenvalue weighted by molar-refractivity contribution is 7.34. The van der Waals surface area contributed by atoms with Crippen LogP contribution in [-0.4, -0.2) is 13.4 Å². The van der Waals surface area contributed by atoms with Crippen molar-refractivity contribution in [2.45, 2.75) is 25.8 Å². The van der Waals surface area contributed by atoms with Crippen LogP contribution in [0, 0.1) is 0 Å². The molecule has 0 bridgehead atoms. The highest BCUT2D eigenvalue weighted by Gasteiger charge is 2.37. The molecule has 0 radical (unpaired) electrons. The van der Waals surface area contributed by atoms with Gasteiger partial charge in [-0.1, -0.05) is 74.9 Å². The molecule has 1 unspecified atom stereocenters. The summed E-state index contributed by atoms with van der Waals surface area (Å²) >= 11 is 7.22. The van der Waals surface area contributed by atoms with Gasteiger partial charge in [0.25, 0.3) is 0 Å². The Labute approximate surface area is 143 Å². The molecule has 2 nitrogen and oxygen atoms in total. The third-order valence-electron chi connectivity index (χ3n) is 3.80. The van der Waals surface area contributed by atoms with Crippen molar-refractivity contribution in [3.05, 3.63) is 67.3 Å². The number of carbonyl (C=O) groups excluding carboxylic acids is 1. The number of rotatable bonds is 7. The number of benzene rings is 2. The lowest BCUT2D eigenvalue weighted by Crippen LogP contribution is -2.54. The second kappa shape index (κ2) is 8.13. The average Bonchev–Trinajstić information content (AvgIpc) is 2.60. The Morgan fingerprint density at radius 2 is 1.83 bits per heavy atom. The van der Waals surface area contributed by atoms with Crippen molar-refractivity contribution >= 4 is 34.8 Å². The summed E-state index contributed by atoms with van der Waals surface area (Å²) in [5.41, 5.74) is 0. The van der Waals surface area contributed by atoms with E-state index in [-0.39, 0.29) is 0 Å². The fourth-order valence-electron chi connectivity index (χ4n) is 2.59. The molecule has 0 aliphatic heterocycles. The zero-order valence-corrected chi connectivity index (χ0v) is 15.1. The number of hydrogen-bond acceptors (Lipinski definition) is 2. The molecule has 23 heavy (non-hydrogen) atoms. The van der Waals surface area contributed by atoms with E-state index in [2.05, 4.69) is 25.6 Å². The van der Waals surface area contributed by atoms with E-state index < -0.39 is 13.4 Å². The number of hydrogen-bond donors (Lipinski definition) is 0. The second-order valence-electron chi connectivity index (χ2n) is 5.39. The maximum absolute atomic E-state index is 11.6. The van der Waals surface area contributed by atoms with Crippen molar-refractivity contribution in [3.8, 4) is 5.75 Å². The van der Waals surface area contributed by atoms with Crippen molar-refractivity contribution in [2.24, 2.45) is 0 Å². The normalized spacial score (nSPS) is 13.1. The van der Waals surface area contributed by atoms with E-state index in [0.29, 0.717) is 5.75 Å². The predicted octanol–water partition coefficient (Wildman–Crippen LogP) is 3.88. The summed E-state index contributed by atoms with van der Waals surface area (Å²) in [6.45, 7) is 5.61. The summed E-state index contributed by atoms with van der Waals surface area (Å²) in [5.74, 6) is 0.0769. The first-order valence-corrected chi connectivity index (χ1v) is 11.0. The Hall–Kier alpha value is -1.84. The molecular formula is C19H21ClO2Si. The molecule has 0 saturated heterocycles. The predicted molar refractivity (Wildman–Crippen MR) is 99.3 cm³/mol. The number of ether oxygens (including phenoxy) is 1. The number of para-hydroxylation sites is 1. The molecule has 2 aromatic carbocycles. The average molecular weight is 345 g/mol. The topological polar surface area (TPSA) is 26.3 Å². The quantitative estimate of drug-likeness (QED) is 0.250. The molecule has 4 heteroatoms. The van der Waals surface area contributed by atoms with Crippen LogP contribution in [0.1, 0.15) is 19.8 Å². The lowest BCUT2D eigenvalue weighted by Gasteiger charge is -2.27. The van der Waals surface area contributed by atoms with Gasteiger partial charge in [0, 0.05) is 11.3 Å². The first-order valence-electron chi connectivity index (χ1n) is 7.80. The molecule has 2 aromatic rings. The fraction of sp³-hybridized carbons (Fsp3) is 0.211. The molecule has 0 saturated carbocycles. The molecule has 120 valence electrons. The van der Waals surface area contributed by atoms with Gasteiger partial charge >= 0.3 is 5.97 Å². The van der Waals surface area contributed by atoms with Crippen molar-refractivity contribution in [3.63, 3.8) is 0 Å². The maximum atomic E-state index is 11.6. The molecular weight excluding hydrogens is 324 g/mol. The van der Waals surface area contributed by atoms with Gasteiger partial charge in [-0.3, -0.25) is 0 Å². The van der Waals surface area contributed by atoms with Gasteiger partial charge in [0.2, 0.25) is 7.38 Å². The Balaban J connectivity index is 2.52. The lowest BCUT2D eigenvalue weighted by molar-refractivity contribution is -0.128. The Bertz CT molecular complexity index is 672. The third-order valence-corrected chi connectivity index (χ3v) is 9.19. The first-order chi connectivity index (χ1) is 11.1. The van der Waals surface area contributed by atoms with E-state index in [1.165, 1.54) is 6.08 Å². The Morgan fingerprint density at radius 1 is 1.17 bits per heavy atom. The van der Waals surface area contributed by atoms with Gasteiger partial charge in [-0.2, -0.15) is 11.1 Å². The summed E-state index contributed by atoms with van der Waals surface area (Å²) in [7, 11) is -2.49. The van der Waals surface area contributed by atoms with Gasteiger partial charge < -0.3 is 4.74 Å². The largest absolute Gasteiger partial charge is 0.423 e. The number of carbonyl (C=O) groups is 1. The minimum Gasteiger partial charge on any atom is -0.423 e. The van der Waals surface area contributed by atoms with E-state index in [0.717, 1.165) is 29.3 Å². The fourth-order valence-corrected chi connectivity index (χ4v) is 7.15. The zero-order chi connectivity index (χ0) is 16.7. The van der Waals surface area contributed by atoms with Crippen LogP contribution in [-0.2, 0) is 4.79 Å². The van der Waals surface area contributed by atoms with Crippen LogP contribution >= 0.6 is 11.1 Å². The van der Waals surface area contributed by atoms with Gasteiger partial charge in [0.15, 0.2) is 0 Å². The minimum absolute atomic E-state index is 0.464. The molecule has 0 fully saturated rings. The van der Waals surface area contributed by atoms with Crippen LogP contribution in [0.5, 0.6) is 5.75 Å². The van der Waals surface area contributed by atoms with E-state index >= 15 is 0 Å². The molecule has 0 heterocycles. The van der Waals surface area contributed by atoms with Crippen LogP contribution in [0.2, 0.25) is 6.04 Å². The van der Waals surface area contributed by atoms with Gasteiger partial charge in [-0.25, -0.2) is 4.79 Å². The van der Waals surface area contributed by atoms with Crippen LogP contribution < -0.4 is 15.1 Å². The molecule has 0 aromatic heterocycles. The molecule has 2 rings (SSSR count). The summed E-state index contributed by atoms with van der Waals surface area (Å²) < 4.78 is 5.44. The number of unbranched alkanes of at least 4 members (excludes halogenated alkanes) is 1. The third kappa shape index (κ3) is 4.12. The van der Waals surface area contributed by atoms with Crippen molar-refractivity contribution in [1.82, 2.24) is 0 Å². The SMILES string of the molecule is C=CC(=O)Oc1ccccc1[Si](Cl)(CCCC)c1ccccc1. The molecule has 0 spiro atoms. The van der Waals surface area contributed by atoms with Crippen LogP contribution in [0.15, 0.2) is 67.3 Å². The highest BCUT2D eigenvalue weighted by Crippen LogP contribution is 2.24. The Morgan fingerprint density at radius 3 is 2.48 bits per heavy atom. The first kappa shape index (κ1) is 17.5. The van der Waals surface area contributed by atoms with Gasteiger partial charge in [-0.15, -0.1) is 0 Å². The van der Waals surface area contributed by atoms with Crippen molar-refractivity contribution < 1.29 is 9.53 Å². The highest BCUT2D eigenvalue weighted by atomic mass is 35.6. The smallest absolute Gasteiger partial charge is 0.335 e.